The van der Waals surface area contributed by atoms with Crippen LogP contribution in [0, 0.1) is 5.92 Å². The molecule has 0 aliphatic carbocycles. The largest absolute Gasteiger partial charge is 0.468 e. The second kappa shape index (κ2) is 9.52. The molecule has 0 N–H and O–H groups in total. The first-order chi connectivity index (χ1) is 12.8. The summed E-state index contributed by atoms with van der Waals surface area (Å²) in [6.45, 7) is 19.1. The predicted molar refractivity (Wildman–Crippen MR) is 118 cm³/mol. The van der Waals surface area contributed by atoms with E-state index in [-0.39, 0.29) is 6.42 Å². The van der Waals surface area contributed by atoms with Crippen molar-refractivity contribution in [3.8, 4) is 0 Å². The Balaban J connectivity index is 3.24. The topological polar surface area (TPSA) is 65.5 Å². The van der Waals surface area contributed by atoms with E-state index < -0.39 is 31.5 Å². The number of hydrogen-bond acceptors (Lipinski definition) is 6. The van der Waals surface area contributed by atoms with E-state index in [9.17, 15) is 9.59 Å². The van der Waals surface area contributed by atoms with Gasteiger partial charge in [-0.3, -0.25) is 14.6 Å². The van der Waals surface area contributed by atoms with Crippen LogP contribution >= 0.6 is 11.3 Å². The third-order valence-corrected chi connectivity index (χ3v) is 14.2. The molecule has 1 heterocycles. The van der Waals surface area contributed by atoms with Gasteiger partial charge in [-0.05, 0) is 37.4 Å². The molecule has 0 bridgehead atoms. The van der Waals surface area contributed by atoms with Gasteiger partial charge in [-0.2, -0.15) is 0 Å². The number of esters is 2. The Labute approximate surface area is 175 Å². The van der Waals surface area contributed by atoms with E-state index in [1.54, 1.807) is 32.1 Å². The lowest BCUT2D eigenvalue weighted by Gasteiger charge is -2.41. The maximum atomic E-state index is 12.6. The van der Waals surface area contributed by atoms with Crippen LogP contribution in [0.2, 0.25) is 16.6 Å². The first-order valence-corrected chi connectivity index (χ1v) is 13.1. The maximum absolute atomic E-state index is 12.6. The molecular weight excluding hydrogens is 390 g/mol. The van der Waals surface area contributed by atoms with Gasteiger partial charge in [0, 0.05) is 17.5 Å². The minimum Gasteiger partial charge on any atom is -0.468 e. The number of rotatable bonds is 8. The van der Waals surface area contributed by atoms with Crippen LogP contribution in [0.15, 0.2) is 6.20 Å². The molecule has 7 heteroatoms. The monoisotopic (exact) mass is 427 g/mol. The molecule has 1 aromatic rings. The third kappa shape index (κ3) is 5.44. The summed E-state index contributed by atoms with van der Waals surface area (Å²) in [5.74, 6) is -2.08. The summed E-state index contributed by atoms with van der Waals surface area (Å²) < 4.78 is 11.5. The number of thiazole rings is 1. The zero-order chi connectivity index (χ0) is 21.9. The molecule has 0 saturated heterocycles. The van der Waals surface area contributed by atoms with Crippen molar-refractivity contribution in [1.82, 2.24) is 4.98 Å². The van der Waals surface area contributed by atoms with E-state index >= 15 is 0 Å². The van der Waals surface area contributed by atoms with Crippen molar-refractivity contribution in [3.05, 3.63) is 11.1 Å². The van der Waals surface area contributed by atoms with Crippen molar-refractivity contribution in [2.24, 2.45) is 5.92 Å². The van der Waals surface area contributed by atoms with Crippen molar-refractivity contribution in [3.63, 3.8) is 0 Å². The highest BCUT2D eigenvalue weighted by Crippen LogP contribution is 2.41. The first-order valence-electron chi connectivity index (χ1n) is 10.0. The molecule has 28 heavy (non-hydrogen) atoms. The number of ether oxygens (including phenoxy) is 2. The van der Waals surface area contributed by atoms with Gasteiger partial charge in [-0.15, -0.1) is 11.3 Å². The molecule has 5 nitrogen and oxygen atoms in total. The summed E-state index contributed by atoms with van der Waals surface area (Å²) in [6, 6.07) is 0. The van der Waals surface area contributed by atoms with Crippen molar-refractivity contribution in [2.75, 3.05) is 7.11 Å². The highest BCUT2D eigenvalue weighted by molar-refractivity contribution is 7.27. The Morgan fingerprint density at radius 3 is 1.93 bits per heavy atom. The van der Waals surface area contributed by atoms with Crippen LogP contribution in [0.25, 0.3) is 0 Å². The number of methoxy groups -OCH3 is 1. The summed E-state index contributed by atoms with van der Waals surface area (Å²) in [4.78, 5) is 30.5. The highest BCUT2D eigenvalue weighted by atomic mass is 32.1. The summed E-state index contributed by atoms with van der Waals surface area (Å²) in [6.07, 6.45) is 2.09. The first kappa shape index (κ1) is 24.8. The summed E-state index contributed by atoms with van der Waals surface area (Å²) in [7, 11) is -0.562. The minimum atomic E-state index is -1.86. The molecule has 0 saturated carbocycles. The molecule has 1 aromatic heterocycles. The Bertz CT molecular complexity index is 654. The van der Waals surface area contributed by atoms with E-state index in [1.165, 1.54) is 11.7 Å². The molecule has 1 atom stereocenters. The van der Waals surface area contributed by atoms with Gasteiger partial charge in [-0.1, -0.05) is 41.5 Å². The van der Waals surface area contributed by atoms with Gasteiger partial charge in [0.25, 0.3) is 0 Å². The molecule has 0 amide bonds. The second-order valence-electron chi connectivity index (χ2n) is 9.34. The molecule has 0 unspecified atom stereocenters. The second-order valence-corrected chi connectivity index (χ2v) is 16.6. The number of aromatic nitrogens is 1. The van der Waals surface area contributed by atoms with Crippen LogP contribution in [0.1, 0.15) is 67.2 Å². The fourth-order valence-corrected chi connectivity index (χ4v) is 14.0. The van der Waals surface area contributed by atoms with Gasteiger partial charge in [0.15, 0.2) is 5.92 Å². The van der Waals surface area contributed by atoms with Gasteiger partial charge in [-0.25, -0.2) is 0 Å². The number of nitrogens with zero attached hydrogens (tertiary/aromatic N) is 1. The zero-order valence-corrected chi connectivity index (χ0v) is 20.9. The fourth-order valence-electron chi connectivity index (χ4n) is 4.32. The summed E-state index contributed by atoms with van der Waals surface area (Å²) >= 11 is 1.65. The number of carbonyl (C=O) groups is 2. The van der Waals surface area contributed by atoms with Crippen LogP contribution < -0.4 is 4.63 Å². The maximum Gasteiger partial charge on any atom is 0.321 e. The van der Waals surface area contributed by atoms with Crippen LogP contribution in [-0.2, 0) is 25.5 Å². The van der Waals surface area contributed by atoms with E-state index in [1.807, 2.05) is 6.20 Å². The van der Waals surface area contributed by atoms with Gasteiger partial charge in [0.2, 0.25) is 0 Å². The summed E-state index contributed by atoms with van der Waals surface area (Å²) in [5, 5.41) is 0. The molecule has 0 aromatic carbocycles. The molecule has 0 radical (unpaired) electrons. The quantitative estimate of drug-likeness (QED) is 0.342. The van der Waals surface area contributed by atoms with Crippen molar-refractivity contribution >= 4 is 36.0 Å². The van der Waals surface area contributed by atoms with Gasteiger partial charge in [0.05, 0.1) is 11.7 Å². The van der Waals surface area contributed by atoms with Gasteiger partial charge < -0.3 is 9.47 Å². The van der Waals surface area contributed by atoms with Crippen molar-refractivity contribution in [1.29, 1.82) is 0 Å². The Morgan fingerprint density at radius 2 is 1.54 bits per heavy atom. The van der Waals surface area contributed by atoms with Crippen LogP contribution in [0.5, 0.6) is 0 Å². The average Bonchev–Trinajstić information content (AvgIpc) is 2.98. The third-order valence-electron chi connectivity index (χ3n) is 5.37. The molecule has 1 rings (SSSR count). The Morgan fingerprint density at radius 1 is 1.04 bits per heavy atom. The molecule has 0 aliphatic rings. The smallest absolute Gasteiger partial charge is 0.321 e. The summed E-state index contributed by atoms with van der Waals surface area (Å²) in [5.41, 5.74) is 0.994. The fraction of sp³-hybridized carbons (Fsp3) is 0.762. The SMILES string of the molecule is COC(=O)[C@H](Cc1cnc([Si](C(C)C)(C(C)C)C(C)C)s1)C(=O)OC(C)(C)C. The minimum absolute atomic E-state index is 0.262. The molecule has 0 aliphatic heterocycles. The lowest BCUT2D eigenvalue weighted by atomic mass is 10.0. The average molecular weight is 428 g/mol. The number of carbonyl (C=O) groups excluding carboxylic acids is 2. The molecule has 0 fully saturated rings. The van der Waals surface area contributed by atoms with E-state index in [4.69, 9.17) is 14.5 Å². The predicted octanol–water partition coefficient (Wildman–Crippen LogP) is 4.70. The Hall–Kier alpha value is -1.21. The normalized spacial score (nSPS) is 13.9. The van der Waals surface area contributed by atoms with E-state index in [0.717, 1.165) is 4.88 Å². The molecular formula is C21H37NO4SSi. The highest BCUT2D eigenvalue weighted by Gasteiger charge is 2.47. The van der Waals surface area contributed by atoms with Gasteiger partial charge in [0.1, 0.15) is 13.7 Å². The van der Waals surface area contributed by atoms with Crippen LogP contribution in [-0.4, -0.2) is 37.7 Å². The number of hydrogen-bond donors (Lipinski definition) is 0. The van der Waals surface area contributed by atoms with E-state index in [0.29, 0.717) is 16.6 Å². The van der Waals surface area contributed by atoms with Crippen LogP contribution in [0.4, 0.5) is 0 Å². The van der Waals surface area contributed by atoms with Crippen LogP contribution in [0.3, 0.4) is 0 Å². The molecule has 0 spiro atoms. The lowest BCUT2D eigenvalue weighted by Crippen LogP contribution is -2.55. The lowest BCUT2D eigenvalue weighted by molar-refractivity contribution is -0.167. The Kier molecular flexibility index (Phi) is 8.44. The van der Waals surface area contributed by atoms with E-state index in [2.05, 4.69) is 41.5 Å². The van der Waals surface area contributed by atoms with Gasteiger partial charge >= 0.3 is 11.9 Å². The molecule has 160 valence electrons. The van der Waals surface area contributed by atoms with Crippen molar-refractivity contribution in [2.45, 2.75) is 91.0 Å². The zero-order valence-electron chi connectivity index (χ0n) is 19.1. The van der Waals surface area contributed by atoms with Crippen molar-refractivity contribution < 1.29 is 19.1 Å². The standard InChI is InChI=1S/C21H37NO4SSi/c1-13(2)28(14(3)4,15(5)6)20-22-12-16(27-20)11-17(18(23)25-10)19(24)26-21(7,8)9/h12-15,17H,11H2,1-10H3/t17-/m0/s1.